The smallest absolute Gasteiger partial charge is 0.0107 e. The summed E-state index contributed by atoms with van der Waals surface area (Å²) in [5.41, 5.74) is 1.62. The third-order valence-corrected chi connectivity index (χ3v) is 6.01. The number of rotatable bonds is 4. The Labute approximate surface area is 121 Å². The predicted molar refractivity (Wildman–Crippen MR) is 83.9 cm³/mol. The van der Waals surface area contributed by atoms with Crippen LogP contribution >= 0.6 is 11.8 Å². The molecule has 1 nitrogen and oxygen atoms in total. The molecule has 3 rings (SSSR count). The Balaban J connectivity index is 1.67. The van der Waals surface area contributed by atoms with Crippen molar-refractivity contribution in [3.63, 3.8) is 0 Å². The van der Waals surface area contributed by atoms with Crippen LogP contribution in [0.15, 0.2) is 29.2 Å². The molecule has 0 saturated heterocycles. The van der Waals surface area contributed by atoms with Gasteiger partial charge in [0.15, 0.2) is 0 Å². The first-order valence-electron chi connectivity index (χ1n) is 7.83. The maximum atomic E-state index is 3.73. The molecule has 1 aliphatic carbocycles. The second-order valence-electron chi connectivity index (χ2n) is 5.99. The molecule has 0 bridgehead atoms. The van der Waals surface area contributed by atoms with Gasteiger partial charge in [-0.1, -0.05) is 38.0 Å². The Bertz CT molecular complexity index is 415. The highest BCUT2D eigenvalue weighted by Crippen LogP contribution is 2.44. The van der Waals surface area contributed by atoms with Gasteiger partial charge < -0.3 is 5.32 Å². The highest BCUT2D eigenvalue weighted by atomic mass is 32.2. The van der Waals surface area contributed by atoms with Crippen molar-refractivity contribution < 1.29 is 0 Å². The van der Waals surface area contributed by atoms with E-state index in [0.29, 0.717) is 0 Å². The number of hydrogen-bond acceptors (Lipinski definition) is 2. The molecular weight excluding hydrogens is 250 g/mol. The molecule has 1 heterocycles. The minimum absolute atomic E-state index is 0.775. The van der Waals surface area contributed by atoms with Gasteiger partial charge in [-0.25, -0.2) is 0 Å². The number of nitrogens with one attached hydrogen (secondary N) is 1. The molecule has 0 amide bonds. The molecule has 3 atom stereocenters. The molecule has 1 aromatic rings. The summed E-state index contributed by atoms with van der Waals surface area (Å²) in [5, 5.41) is 3.73. The van der Waals surface area contributed by atoms with Crippen molar-refractivity contribution >= 4 is 11.8 Å². The van der Waals surface area contributed by atoms with E-state index < -0.39 is 0 Å². The van der Waals surface area contributed by atoms with Gasteiger partial charge in [-0.2, -0.15) is 0 Å². The summed E-state index contributed by atoms with van der Waals surface area (Å²) in [6, 6.07) is 9.81. The summed E-state index contributed by atoms with van der Waals surface area (Å²) in [7, 11) is 0. The lowest BCUT2D eigenvalue weighted by molar-refractivity contribution is 0.243. The van der Waals surface area contributed by atoms with E-state index in [0.717, 1.165) is 24.4 Å². The Kier molecular flexibility index (Phi) is 4.49. The fourth-order valence-electron chi connectivity index (χ4n) is 3.81. The lowest BCUT2D eigenvalue weighted by atomic mass is 9.78. The van der Waals surface area contributed by atoms with Gasteiger partial charge in [0.2, 0.25) is 0 Å². The topological polar surface area (TPSA) is 12.0 Å². The van der Waals surface area contributed by atoms with Crippen molar-refractivity contribution in [3.8, 4) is 0 Å². The molecule has 1 fully saturated rings. The third-order valence-electron chi connectivity index (χ3n) is 4.76. The molecule has 1 N–H and O–H groups in total. The average Bonchev–Trinajstić information content (AvgIpc) is 2.85. The lowest BCUT2D eigenvalue weighted by Crippen LogP contribution is -2.39. The average molecular weight is 275 g/mol. The second kappa shape index (κ2) is 6.32. The van der Waals surface area contributed by atoms with Crippen LogP contribution < -0.4 is 5.32 Å². The molecule has 2 aliphatic rings. The van der Waals surface area contributed by atoms with Gasteiger partial charge in [-0.05, 0) is 49.3 Å². The van der Waals surface area contributed by atoms with Crippen LogP contribution in [0.25, 0.3) is 0 Å². The van der Waals surface area contributed by atoms with Gasteiger partial charge in [-0.3, -0.25) is 0 Å². The largest absolute Gasteiger partial charge is 0.314 e. The van der Waals surface area contributed by atoms with E-state index in [2.05, 4.69) is 48.3 Å². The normalized spacial score (nSPS) is 30.3. The SMILES string of the molecule is CCNC1CCCCC1CC1CSc2ccccc21. The van der Waals surface area contributed by atoms with Crippen molar-refractivity contribution in [2.24, 2.45) is 5.92 Å². The predicted octanol–water partition coefficient (Wildman–Crippen LogP) is 4.43. The Hall–Kier alpha value is -0.470. The van der Waals surface area contributed by atoms with E-state index >= 15 is 0 Å². The Morgan fingerprint density at radius 2 is 2.05 bits per heavy atom. The Morgan fingerprint density at radius 3 is 2.95 bits per heavy atom. The van der Waals surface area contributed by atoms with Crippen LogP contribution in [-0.4, -0.2) is 18.3 Å². The van der Waals surface area contributed by atoms with Gasteiger partial charge in [0.25, 0.3) is 0 Å². The summed E-state index contributed by atoms with van der Waals surface area (Å²) >= 11 is 2.06. The van der Waals surface area contributed by atoms with E-state index in [-0.39, 0.29) is 0 Å². The van der Waals surface area contributed by atoms with Gasteiger partial charge in [0.1, 0.15) is 0 Å². The van der Waals surface area contributed by atoms with E-state index in [1.54, 1.807) is 5.56 Å². The molecule has 1 aliphatic heterocycles. The maximum absolute atomic E-state index is 3.73. The number of benzene rings is 1. The first-order valence-corrected chi connectivity index (χ1v) is 8.82. The first kappa shape index (κ1) is 13.5. The van der Waals surface area contributed by atoms with Crippen molar-refractivity contribution in [3.05, 3.63) is 29.8 Å². The van der Waals surface area contributed by atoms with E-state index in [1.165, 1.54) is 42.8 Å². The highest BCUT2D eigenvalue weighted by Gasteiger charge is 2.30. The maximum Gasteiger partial charge on any atom is 0.0107 e. The second-order valence-corrected chi connectivity index (χ2v) is 7.05. The van der Waals surface area contributed by atoms with Gasteiger partial charge in [0, 0.05) is 16.7 Å². The minimum Gasteiger partial charge on any atom is -0.314 e. The van der Waals surface area contributed by atoms with Crippen LogP contribution in [-0.2, 0) is 0 Å². The third kappa shape index (κ3) is 3.00. The van der Waals surface area contributed by atoms with Crippen molar-refractivity contribution in [1.82, 2.24) is 5.32 Å². The lowest BCUT2D eigenvalue weighted by Gasteiger charge is -2.34. The van der Waals surface area contributed by atoms with Crippen molar-refractivity contribution in [2.75, 3.05) is 12.3 Å². The number of fused-ring (bicyclic) bond motifs is 1. The quantitative estimate of drug-likeness (QED) is 0.872. The molecule has 0 aromatic heterocycles. The fourth-order valence-corrected chi connectivity index (χ4v) is 5.08. The standard InChI is InChI=1S/C17H25NS/c1-2-18-16-9-5-3-7-13(16)11-14-12-19-17-10-6-4-8-15(14)17/h4,6,8,10,13-14,16,18H,2-3,5,7,9,11-12H2,1H3. The summed E-state index contributed by atoms with van der Waals surface area (Å²) in [5.74, 6) is 2.99. The van der Waals surface area contributed by atoms with Crippen LogP contribution in [0.5, 0.6) is 0 Å². The Morgan fingerprint density at radius 1 is 1.21 bits per heavy atom. The van der Waals surface area contributed by atoms with Crippen LogP contribution in [0.3, 0.4) is 0 Å². The molecule has 104 valence electrons. The van der Waals surface area contributed by atoms with E-state index in [4.69, 9.17) is 0 Å². The molecule has 1 saturated carbocycles. The molecule has 0 spiro atoms. The van der Waals surface area contributed by atoms with E-state index in [9.17, 15) is 0 Å². The zero-order valence-electron chi connectivity index (χ0n) is 11.9. The molecule has 3 unspecified atom stereocenters. The number of thioether (sulfide) groups is 1. The summed E-state index contributed by atoms with van der Waals surface area (Å²) in [6.07, 6.45) is 7.07. The van der Waals surface area contributed by atoms with E-state index in [1.807, 2.05) is 0 Å². The van der Waals surface area contributed by atoms with Crippen LogP contribution in [0.4, 0.5) is 0 Å². The molecule has 1 aromatic carbocycles. The summed E-state index contributed by atoms with van der Waals surface area (Å²) in [6.45, 7) is 3.36. The monoisotopic (exact) mass is 275 g/mol. The zero-order valence-corrected chi connectivity index (χ0v) is 12.7. The van der Waals surface area contributed by atoms with Gasteiger partial charge in [-0.15, -0.1) is 11.8 Å². The molecule has 0 radical (unpaired) electrons. The molecular formula is C17H25NS. The highest BCUT2D eigenvalue weighted by molar-refractivity contribution is 7.99. The molecule has 19 heavy (non-hydrogen) atoms. The van der Waals surface area contributed by atoms with Crippen molar-refractivity contribution in [1.29, 1.82) is 0 Å². The van der Waals surface area contributed by atoms with Gasteiger partial charge in [0.05, 0.1) is 0 Å². The van der Waals surface area contributed by atoms with Crippen LogP contribution in [0.1, 0.15) is 50.5 Å². The van der Waals surface area contributed by atoms with Gasteiger partial charge >= 0.3 is 0 Å². The zero-order chi connectivity index (χ0) is 13.1. The summed E-state index contributed by atoms with van der Waals surface area (Å²) in [4.78, 5) is 1.53. The first-order chi connectivity index (χ1) is 9.38. The van der Waals surface area contributed by atoms with Crippen molar-refractivity contribution in [2.45, 2.75) is 55.9 Å². The fraction of sp³-hybridized carbons (Fsp3) is 0.647. The van der Waals surface area contributed by atoms with Crippen LogP contribution in [0.2, 0.25) is 0 Å². The molecule has 2 heteroatoms. The minimum atomic E-state index is 0.775. The van der Waals surface area contributed by atoms with Crippen LogP contribution in [0, 0.1) is 5.92 Å². The summed E-state index contributed by atoms with van der Waals surface area (Å²) < 4.78 is 0. The number of hydrogen-bond donors (Lipinski definition) is 1.